The van der Waals surface area contributed by atoms with Crippen LogP contribution < -0.4 is 4.74 Å². The molecule has 0 spiro atoms. The third-order valence-corrected chi connectivity index (χ3v) is 3.10. The molecule has 1 N–H and O–H groups in total. The summed E-state index contributed by atoms with van der Waals surface area (Å²) < 4.78 is 11.5. The zero-order chi connectivity index (χ0) is 14.5. The molecule has 20 heavy (non-hydrogen) atoms. The number of halogens is 1. The normalized spacial score (nSPS) is 10.3. The van der Waals surface area contributed by atoms with E-state index in [0.29, 0.717) is 18.1 Å². The number of carbonyl (C=O) groups is 1. The summed E-state index contributed by atoms with van der Waals surface area (Å²) in [5, 5.41) is 9.16. The first-order valence-electron chi connectivity index (χ1n) is 5.88. The van der Waals surface area contributed by atoms with Crippen molar-refractivity contribution in [3.05, 3.63) is 58.1 Å². The van der Waals surface area contributed by atoms with Crippen molar-refractivity contribution >= 4 is 21.9 Å². The van der Waals surface area contributed by atoms with Gasteiger partial charge in [0.2, 0.25) is 0 Å². The summed E-state index contributed by atoms with van der Waals surface area (Å²) in [5.41, 5.74) is 1.07. The van der Waals surface area contributed by atoms with Crippen LogP contribution in [0.5, 0.6) is 11.5 Å². The number of rotatable bonds is 5. The van der Waals surface area contributed by atoms with Crippen molar-refractivity contribution in [1.82, 2.24) is 0 Å². The molecule has 0 bridgehead atoms. The van der Waals surface area contributed by atoms with Gasteiger partial charge in [-0.1, -0.05) is 28.1 Å². The second-order valence-electron chi connectivity index (χ2n) is 4.13. The summed E-state index contributed by atoms with van der Waals surface area (Å²) in [6, 6.07) is 12.1. The van der Waals surface area contributed by atoms with Crippen molar-refractivity contribution in [2.24, 2.45) is 0 Å². The molecule has 0 unspecified atom stereocenters. The summed E-state index contributed by atoms with van der Waals surface area (Å²) in [6.07, 6.45) is 0. The maximum absolute atomic E-state index is 11.2. The highest BCUT2D eigenvalue weighted by Gasteiger charge is 2.12. The molecule has 4 nitrogen and oxygen atoms in total. The van der Waals surface area contributed by atoms with Crippen molar-refractivity contribution in [2.75, 3.05) is 7.11 Å². The Hall–Kier alpha value is -1.85. The first-order chi connectivity index (χ1) is 9.60. The SMILES string of the molecule is COCc1cccc(Oc2cc(Br)ccc2C(=O)O)c1. The number of hydrogen-bond acceptors (Lipinski definition) is 3. The van der Waals surface area contributed by atoms with E-state index in [4.69, 9.17) is 14.6 Å². The van der Waals surface area contributed by atoms with E-state index in [9.17, 15) is 4.79 Å². The molecular formula is C15H13BrO4. The third kappa shape index (κ3) is 3.59. The molecule has 0 aliphatic carbocycles. The van der Waals surface area contributed by atoms with Crippen LogP contribution in [0, 0.1) is 0 Å². The molecular weight excluding hydrogens is 324 g/mol. The molecule has 0 fully saturated rings. The van der Waals surface area contributed by atoms with Gasteiger partial charge in [0.1, 0.15) is 17.1 Å². The van der Waals surface area contributed by atoms with Gasteiger partial charge in [0.25, 0.3) is 0 Å². The number of methoxy groups -OCH3 is 1. The maximum Gasteiger partial charge on any atom is 0.339 e. The highest BCUT2D eigenvalue weighted by atomic mass is 79.9. The quantitative estimate of drug-likeness (QED) is 0.893. The standard InChI is InChI=1S/C15H13BrO4/c1-19-9-10-3-2-4-12(7-10)20-14-8-11(16)5-6-13(14)15(17)18/h2-8H,9H2,1H3,(H,17,18). The third-order valence-electron chi connectivity index (χ3n) is 2.61. The fraction of sp³-hybridized carbons (Fsp3) is 0.133. The Morgan fingerprint density at radius 1 is 1.25 bits per heavy atom. The predicted molar refractivity (Wildman–Crippen MR) is 78.3 cm³/mol. The summed E-state index contributed by atoms with van der Waals surface area (Å²) in [5.74, 6) is -0.165. The van der Waals surface area contributed by atoms with E-state index in [1.165, 1.54) is 6.07 Å². The minimum Gasteiger partial charge on any atom is -0.478 e. The van der Waals surface area contributed by atoms with Gasteiger partial charge in [-0.2, -0.15) is 0 Å². The van der Waals surface area contributed by atoms with Crippen LogP contribution in [0.25, 0.3) is 0 Å². The zero-order valence-electron chi connectivity index (χ0n) is 10.8. The number of benzene rings is 2. The van der Waals surface area contributed by atoms with Crippen molar-refractivity contribution < 1.29 is 19.4 Å². The average Bonchev–Trinajstić information content (AvgIpc) is 2.39. The van der Waals surface area contributed by atoms with Gasteiger partial charge in [-0.05, 0) is 35.9 Å². The van der Waals surface area contributed by atoms with Gasteiger partial charge >= 0.3 is 5.97 Å². The summed E-state index contributed by atoms with van der Waals surface area (Å²) >= 11 is 3.31. The summed E-state index contributed by atoms with van der Waals surface area (Å²) in [6.45, 7) is 0.474. The Balaban J connectivity index is 2.31. The Bertz CT molecular complexity index is 625. The first kappa shape index (κ1) is 14.6. The van der Waals surface area contributed by atoms with Gasteiger partial charge in [-0.3, -0.25) is 0 Å². The first-order valence-corrected chi connectivity index (χ1v) is 6.68. The van der Waals surface area contributed by atoms with Crippen LogP contribution in [0.1, 0.15) is 15.9 Å². The molecule has 0 radical (unpaired) electrons. The summed E-state index contributed by atoms with van der Waals surface area (Å²) in [4.78, 5) is 11.2. The fourth-order valence-electron chi connectivity index (χ4n) is 1.75. The van der Waals surface area contributed by atoms with Crippen LogP contribution in [-0.2, 0) is 11.3 Å². The number of carboxylic acids is 1. The Morgan fingerprint density at radius 2 is 2.05 bits per heavy atom. The molecule has 0 atom stereocenters. The molecule has 0 aliphatic rings. The highest BCUT2D eigenvalue weighted by molar-refractivity contribution is 9.10. The Kier molecular flexibility index (Phi) is 4.76. The predicted octanol–water partition coefficient (Wildman–Crippen LogP) is 4.09. The minimum atomic E-state index is -1.03. The van der Waals surface area contributed by atoms with Crippen LogP contribution in [0.3, 0.4) is 0 Å². The maximum atomic E-state index is 11.2. The number of aromatic carboxylic acids is 1. The molecule has 0 aromatic heterocycles. The van der Waals surface area contributed by atoms with Crippen LogP contribution in [0.2, 0.25) is 0 Å². The topological polar surface area (TPSA) is 55.8 Å². The largest absolute Gasteiger partial charge is 0.478 e. The number of ether oxygens (including phenoxy) is 2. The van der Waals surface area contributed by atoms with Crippen LogP contribution >= 0.6 is 15.9 Å². The molecule has 104 valence electrons. The van der Waals surface area contributed by atoms with E-state index in [2.05, 4.69) is 15.9 Å². The number of carboxylic acid groups (broad SMARTS) is 1. The van der Waals surface area contributed by atoms with Gasteiger partial charge in [0.05, 0.1) is 6.61 Å². The van der Waals surface area contributed by atoms with Crippen LogP contribution in [-0.4, -0.2) is 18.2 Å². The van der Waals surface area contributed by atoms with E-state index >= 15 is 0 Å². The van der Waals surface area contributed by atoms with E-state index in [0.717, 1.165) is 10.0 Å². The molecule has 5 heteroatoms. The van der Waals surface area contributed by atoms with E-state index < -0.39 is 5.97 Å². The van der Waals surface area contributed by atoms with Crippen molar-refractivity contribution in [2.45, 2.75) is 6.61 Å². The Labute approximate surface area is 125 Å². The van der Waals surface area contributed by atoms with Crippen molar-refractivity contribution in [3.8, 4) is 11.5 Å². The van der Waals surface area contributed by atoms with Crippen LogP contribution in [0.4, 0.5) is 0 Å². The van der Waals surface area contributed by atoms with Crippen LogP contribution in [0.15, 0.2) is 46.9 Å². The van der Waals surface area contributed by atoms with Gasteiger partial charge in [0, 0.05) is 11.6 Å². The second kappa shape index (κ2) is 6.54. The average molecular weight is 337 g/mol. The monoisotopic (exact) mass is 336 g/mol. The molecule has 2 aromatic rings. The molecule has 0 amide bonds. The van der Waals surface area contributed by atoms with Crippen molar-refractivity contribution in [3.63, 3.8) is 0 Å². The Morgan fingerprint density at radius 3 is 2.75 bits per heavy atom. The van der Waals surface area contributed by atoms with E-state index in [1.807, 2.05) is 18.2 Å². The van der Waals surface area contributed by atoms with E-state index in [-0.39, 0.29) is 5.56 Å². The highest BCUT2D eigenvalue weighted by Crippen LogP contribution is 2.29. The lowest BCUT2D eigenvalue weighted by atomic mass is 10.2. The number of hydrogen-bond donors (Lipinski definition) is 1. The molecule has 2 rings (SSSR count). The zero-order valence-corrected chi connectivity index (χ0v) is 12.4. The van der Waals surface area contributed by atoms with Gasteiger partial charge in [0.15, 0.2) is 0 Å². The fourth-order valence-corrected chi connectivity index (χ4v) is 2.09. The lowest BCUT2D eigenvalue weighted by molar-refractivity contribution is 0.0694. The molecule has 0 saturated carbocycles. The van der Waals surface area contributed by atoms with Gasteiger partial charge < -0.3 is 14.6 Å². The van der Waals surface area contributed by atoms with Gasteiger partial charge in [-0.15, -0.1) is 0 Å². The molecule has 2 aromatic carbocycles. The molecule has 0 aliphatic heterocycles. The molecule has 0 saturated heterocycles. The second-order valence-corrected chi connectivity index (χ2v) is 5.04. The van der Waals surface area contributed by atoms with Crippen molar-refractivity contribution in [1.29, 1.82) is 0 Å². The lowest BCUT2D eigenvalue weighted by Gasteiger charge is -2.10. The molecule has 0 heterocycles. The lowest BCUT2D eigenvalue weighted by Crippen LogP contribution is -2.00. The summed E-state index contributed by atoms with van der Waals surface area (Å²) in [7, 11) is 1.62. The van der Waals surface area contributed by atoms with E-state index in [1.54, 1.807) is 25.3 Å². The van der Waals surface area contributed by atoms with Gasteiger partial charge in [-0.25, -0.2) is 4.79 Å². The smallest absolute Gasteiger partial charge is 0.339 e. The minimum absolute atomic E-state index is 0.116.